The van der Waals surface area contributed by atoms with Gasteiger partial charge in [0.25, 0.3) is 0 Å². The van der Waals surface area contributed by atoms with Crippen LogP contribution in [0, 0.1) is 0 Å². The van der Waals surface area contributed by atoms with Gasteiger partial charge in [0.1, 0.15) is 18.3 Å². The van der Waals surface area contributed by atoms with Gasteiger partial charge in [-0.05, 0) is 13.8 Å². The van der Waals surface area contributed by atoms with Crippen molar-refractivity contribution < 1.29 is 18.9 Å². The molecule has 1 aromatic heterocycles. The zero-order valence-corrected chi connectivity index (χ0v) is 10.3. The van der Waals surface area contributed by atoms with E-state index in [0.717, 1.165) is 5.69 Å². The quantitative estimate of drug-likeness (QED) is 0.651. The third-order valence-electron chi connectivity index (χ3n) is 3.56. The molecule has 4 rings (SSSR count). The minimum atomic E-state index is -0.606. The predicted octanol–water partition coefficient (Wildman–Crippen LogP) is 0.0533. The van der Waals surface area contributed by atoms with Crippen LogP contribution in [-0.4, -0.2) is 45.4 Å². The first kappa shape index (κ1) is 10.9. The minimum Gasteiger partial charge on any atom is -0.366 e. The largest absolute Gasteiger partial charge is 0.366 e. The van der Waals surface area contributed by atoms with E-state index in [0.29, 0.717) is 13.2 Å². The van der Waals surface area contributed by atoms with Crippen LogP contribution in [0.1, 0.15) is 19.5 Å². The Balaban J connectivity index is 1.60. The van der Waals surface area contributed by atoms with Crippen LogP contribution in [0.2, 0.25) is 0 Å². The average Bonchev–Trinajstić information content (AvgIpc) is 2.88. The van der Waals surface area contributed by atoms with Gasteiger partial charge in [-0.25, -0.2) is 4.68 Å². The van der Waals surface area contributed by atoms with Crippen LogP contribution in [0.5, 0.6) is 0 Å². The number of hydrogen-bond donors (Lipinski definition) is 0. The van der Waals surface area contributed by atoms with E-state index in [2.05, 4.69) is 10.3 Å². The maximum Gasteiger partial charge on any atom is 0.190 e. The van der Waals surface area contributed by atoms with E-state index >= 15 is 0 Å². The summed E-state index contributed by atoms with van der Waals surface area (Å²) in [4.78, 5) is 0. The highest BCUT2D eigenvalue weighted by atomic mass is 16.8. The molecule has 7 nitrogen and oxygen atoms in total. The predicted molar refractivity (Wildman–Crippen MR) is 57.3 cm³/mol. The Morgan fingerprint density at radius 3 is 3.11 bits per heavy atom. The van der Waals surface area contributed by atoms with Crippen molar-refractivity contribution in [3.8, 4) is 0 Å². The molecule has 2 saturated heterocycles. The molecule has 0 spiro atoms. The molecule has 98 valence electrons. The van der Waals surface area contributed by atoms with Crippen molar-refractivity contribution in [2.24, 2.45) is 0 Å². The second-order valence-electron chi connectivity index (χ2n) is 5.33. The first-order valence-electron chi connectivity index (χ1n) is 6.12. The fourth-order valence-electron chi connectivity index (χ4n) is 2.79. The van der Waals surface area contributed by atoms with E-state index < -0.39 is 5.79 Å². The lowest BCUT2D eigenvalue weighted by Crippen LogP contribution is -2.37. The Bertz CT molecular complexity index is 475. The molecule has 3 aliphatic rings. The second kappa shape index (κ2) is 3.51. The van der Waals surface area contributed by atoms with Crippen LogP contribution in [0.15, 0.2) is 6.20 Å². The summed E-state index contributed by atoms with van der Waals surface area (Å²) < 4.78 is 25.1. The zero-order chi connectivity index (χ0) is 12.3. The summed E-state index contributed by atoms with van der Waals surface area (Å²) in [6.07, 6.45) is 0.995. The third kappa shape index (κ3) is 1.51. The van der Waals surface area contributed by atoms with Gasteiger partial charge in [0, 0.05) is 0 Å². The third-order valence-corrected chi connectivity index (χ3v) is 3.56. The summed E-state index contributed by atoms with van der Waals surface area (Å²) in [5.41, 5.74) is 0.961. The van der Waals surface area contributed by atoms with E-state index in [9.17, 15) is 0 Å². The van der Waals surface area contributed by atoms with Gasteiger partial charge in [-0.3, -0.25) is 0 Å². The van der Waals surface area contributed by atoms with E-state index in [4.69, 9.17) is 18.9 Å². The van der Waals surface area contributed by atoms with Crippen LogP contribution in [0.3, 0.4) is 0 Å². The van der Waals surface area contributed by atoms with E-state index in [1.807, 2.05) is 18.5 Å². The highest BCUT2D eigenvalue weighted by Gasteiger charge is 2.56. The minimum absolute atomic E-state index is 0.0981. The lowest BCUT2D eigenvalue weighted by molar-refractivity contribution is -0.219. The molecule has 7 heteroatoms. The molecule has 0 N–H and O–H groups in total. The number of hydrogen-bond acceptors (Lipinski definition) is 6. The maximum atomic E-state index is 5.89. The van der Waals surface area contributed by atoms with Crippen LogP contribution >= 0.6 is 0 Å². The Kier molecular flexibility index (Phi) is 2.12. The van der Waals surface area contributed by atoms with Crippen molar-refractivity contribution in [1.82, 2.24) is 15.0 Å². The van der Waals surface area contributed by atoms with E-state index in [1.165, 1.54) is 0 Å². The van der Waals surface area contributed by atoms with Gasteiger partial charge in [0.05, 0.1) is 25.0 Å². The molecule has 0 aliphatic carbocycles. The number of nitrogens with zero attached hydrogens (tertiary/aromatic N) is 3. The summed E-state index contributed by atoms with van der Waals surface area (Å²) in [5.74, 6) is -0.606. The zero-order valence-electron chi connectivity index (χ0n) is 10.3. The molecule has 2 fully saturated rings. The number of ether oxygens (including phenoxy) is 4. The summed E-state index contributed by atoms with van der Waals surface area (Å²) in [5, 5.41) is 7.89. The topological polar surface area (TPSA) is 67.6 Å². The van der Waals surface area contributed by atoms with E-state index in [1.54, 1.807) is 6.20 Å². The summed E-state index contributed by atoms with van der Waals surface area (Å²) in [7, 11) is 0. The Morgan fingerprint density at radius 1 is 1.33 bits per heavy atom. The number of aromatic nitrogens is 3. The number of rotatable bonds is 0. The molecule has 0 unspecified atom stereocenters. The lowest BCUT2D eigenvalue weighted by atomic mass is 10.1. The molecule has 18 heavy (non-hydrogen) atoms. The van der Waals surface area contributed by atoms with Crippen LogP contribution in [0.25, 0.3) is 0 Å². The van der Waals surface area contributed by atoms with Crippen molar-refractivity contribution in [3.05, 3.63) is 11.9 Å². The van der Waals surface area contributed by atoms with Gasteiger partial charge in [-0.1, -0.05) is 5.21 Å². The van der Waals surface area contributed by atoms with Gasteiger partial charge in [-0.15, -0.1) is 5.10 Å². The van der Waals surface area contributed by atoms with Gasteiger partial charge in [0.2, 0.25) is 0 Å². The highest BCUT2D eigenvalue weighted by molar-refractivity contribution is 5.00. The molecule has 0 radical (unpaired) electrons. The first-order valence-corrected chi connectivity index (χ1v) is 6.12. The molecule has 4 heterocycles. The van der Waals surface area contributed by atoms with Crippen LogP contribution in [-0.2, 0) is 32.1 Å². The molecular weight excluding hydrogens is 238 g/mol. The molecule has 3 aliphatic heterocycles. The second-order valence-corrected chi connectivity index (χ2v) is 5.33. The van der Waals surface area contributed by atoms with Gasteiger partial charge in [0.15, 0.2) is 12.1 Å². The fraction of sp³-hybridized carbons (Fsp3) is 0.818. The summed E-state index contributed by atoms with van der Waals surface area (Å²) in [6, 6.07) is 0. The molecule has 0 amide bonds. The Hall–Kier alpha value is -1.02. The molecule has 4 atom stereocenters. The van der Waals surface area contributed by atoms with Crippen molar-refractivity contribution >= 4 is 0 Å². The van der Waals surface area contributed by atoms with Gasteiger partial charge in [-0.2, -0.15) is 0 Å². The van der Waals surface area contributed by atoms with Crippen molar-refractivity contribution in [2.75, 3.05) is 0 Å². The molecule has 1 aromatic rings. The van der Waals surface area contributed by atoms with Crippen molar-refractivity contribution in [1.29, 1.82) is 0 Å². The Labute approximate surface area is 104 Å². The number of fused-ring (bicyclic) bond motifs is 4. The van der Waals surface area contributed by atoms with Gasteiger partial charge >= 0.3 is 0 Å². The van der Waals surface area contributed by atoms with Crippen molar-refractivity contribution in [2.45, 2.75) is 57.4 Å². The van der Waals surface area contributed by atoms with Crippen LogP contribution in [0.4, 0.5) is 0 Å². The smallest absolute Gasteiger partial charge is 0.190 e. The standard InChI is InChI=1S/C11H15N3O4/c1-11(2)17-9-8-7(16-10(9)18-11)4-14-6(5-15-8)3-12-13-14/h3,7-10H,4-5H2,1-2H3/t7-,8+,9-,10-/m1/s1. The van der Waals surface area contributed by atoms with Crippen molar-refractivity contribution in [3.63, 3.8) is 0 Å². The average molecular weight is 253 g/mol. The lowest BCUT2D eigenvalue weighted by Gasteiger charge is -2.23. The monoisotopic (exact) mass is 253 g/mol. The molecule has 0 saturated carbocycles. The highest BCUT2D eigenvalue weighted by Crippen LogP contribution is 2.40. The van der Waals surface area contributed by atoms with Gasteiger partial charge < -0.3 is 18.9 Å². The molecular formula is C11H15N3O4. The normalized spacial score (nSPS) is 41.0. The first-order chi connectivity index (χ1) is 8.62. The maximum absolute atomic E-state index is 5.89. The molecule has 0 aromatic carbocycles. The summed E-state index contributed by atoms with van der Waals surface area (Å²) in [6.45, 7) is 4.87. The van der Waals surface area contributed by atoms with E-state index in [-0.39, 0.29) is 24.6 Å². The molecule has 0 bridgehead atoms. The fourth-order valence-corrected chi connectivity index (χ4v) is 2.79. The SMILES string of the molecule is CC1(C)O[C@H]2O[C@@H]3Cn4nncc4CO[C@@H]3[C@H]2O1. The van der Waals surface area contributed by atoms with Crippen LogP contribution < -0.4 is 0 Å². The Morgan fingerprint density at radius 2 is 2.22 bits per heavy atom. The summed E-state index contributed by atoms with van der Waals surface area (Å²) >= 11 is 0.